The quantitative estimate of drug-likeness (QED) is 0.429. The van der Waals surface area contributed by atoms with Crippen molar-refractivity contribution in [1.29, 1.82) is 0 Å². The molecule has 5 rings (SSSR count). The van der Waals surface area contributed by atoms with Crippen LogP contribution in [0.5, 0.6) is 5.75 Å². The number of aromatic nitrogens is 1. The molecule has 174 valence electrons. The Morgan fingerprint density at radius 1 is 1.12 bits per heavy atom. The number of amides is 1. The van der Waals surface area contributed by atoms with E-state index in [1.54, 1.807) is 54.6 Å². The highest BCUT2D eigenvalue weighted by atomic mass is 32.2. The predicted octanol–water partition coefficient (Wildman–Crippen LogP) is 2.79. The summed E-state index contributed by atoms with van der Waals surface area (Å²) in [6, 6.07) is 16.2. The highest BCUT2D eigenvalue weighted by molar-refractivity contribution is 7.88. The van der Waals surface area contributed by atoms with Crippen LogP contribution >= 0.6 is 0 Å². The lowest BCUT2D eigenvalue weighted by Crippen LogP contribution is -2.41. The molecule has 8 nitrogen and oxygen atoms in total. The molecule has 2 aliphatic rings. The largest absolute Gasteiger partial charge is 0.382 e. The number of pyridine rings is 1. The highest BCUT2D eigenvalue weighted by Gasteiger charge is 2.52. The minimum Gasteiger partial charge on any atom is -0.382 e. The first-order chi connectivity index (χ1) is 16.2. The van der Waals surface area contributed by atoms with Crippen LogP contribution in [0.25, 0.3) is 11.1 Å². The van der Waals surface area contributed by atoms with Crippen LogP contribution in [-0.4, -0.2) is 42.5 Å². The van der Waals surface area contributed by atoms with Crippen molar-refractivity contribution in [2.45, 2.75) is 23.6 Å². The van der Waals surface area contributed by atoms with Gasteiger partial charge < -0.3 is 9.92 Å². The smallest absolute Gasteiger partial charge is 0.312 e. The molecule has 3 aromatic rings. The number of benzene rings is 2. The minimum atomic E-state index is -3.86. The molecule has 2 N–H and O–H groups in total. The van der Waals surface area contributed by atoms with Gasteiger partial charge in [-0.2, -0.15) is 12.8 Å². The topological polar surface area (TPSA) is 115 Å². The van der Waals surface area contributed by atoms with Crippen LogP contribution in [0, 0.1) is 5.95 Å². The zero-order chi connectivity index (χ0) is 24.1. The van der Waals surface area contributed by atoms with Crippen molar-refractivity contribution in [3.05, 3.63) is 83.9 Å². The maximum atomic E-state index is 14.4. The molecule has 0 saturated heterocycles. The Labute approximate surface area is 196 Å². The van der Waals surface area contributed by atoms with Gasteiger partial charge in [0.1, 0.15) is 5.75 Å². The molecular weight excluding hydrogens is 459 g/mol. The van der Waals surface area contributed by atoms with Crippen LogP contribution in [0.1, 0.15) is 24.0 Å². The molecule has 1 atom stereocenters. The summed E-state index contributed by atoms with van der Waals surface area (Å²) in [6.07, 6.45) is 2.40. The molecule has 2 aromatic carbocycles. The second kappa shape index (κ2) is 7.91. The summed E-state index contributed by atoms with van der Waals surface area (Å²) >= 11 is 0. The van der Waals surface area contributed by atoms with E-state index in [4.69, 9.17) is 9.92 Å². The third-order valence-corrected chi connectivity index (χ3v) is 7.71. The zero-order valence-corrected chi connectivity index (χ0v) is 19.0. The van der Waals surface area contributed by atoms with Crippen LogP contribution in [0.4, 0.5) is 4.39 Å². The van der Waals surface area contributed by atoms with E-state index in [-0.39, 0.29) is 22.8 Å². The maximum Gasteiger partial charge on any atom is 0.312 e. The molecule has 0 radical (unpaired) electrons. The fourth-order valence-corrected chi connectivity index (χ4v) is 5.31. The monoisotopic (exact) mass is 480 g/mol. The van der Waals surface area contributed by atoms with Crippen LogP contribution in [-0.2, 0) is 20.5 Å². The SMILES string of the molecule is CN1C(=O)C(c2cccc(-c3cccnc3F)c2)(c2ccccc2OS(=O)(=O)C2CC2)N=C1N. The molecule has 1 saturated carbocycles. The lowest BCUT2D eigenvalue weighted by Gasteiger charge is -2.28. The summed E-state index contributed by atoms with van der Waals surface area (Å²) in [5.74, 6) is -1.20. The number of para-hydroxylation sites is 1. The van der Waals surface area contributed by atoms with Gasteiger partial charge in [-0.25, -0.2) is 9.98 Å². The Balaban J connectivity index is 1.72. The Hall–Kier alpha value is -3.79. The first-order valence-corrected chi connectivity index (χ1v) is 12.1. The number of hydrogen-bond donors (Lipinski definition) is 1. The van der Waals surface area contributed by atoms with E-state index in [9.17, 15) is 17.6 Å². The average Bonchev–Trinajstić information content (AvgIpc) is 3.66. The molecule has 1 fully saturated rings. The van der Waals surface area contributed by atoms with Gasteiger partial charge in [0.15, 0.2) is 11.5 Å². The maximum absolute atomic E-state index is 14.4. The van der Waals surface area contributed by atoms with Crippen molar-refractivity contribution in [1.82, 2.24) is 9.88 Å². The summed E-state index contributed by atoms with van der Waals surface area (Å²) < 4.78 is 45.2. The van der Waals surface area contributed by atoms with Crippen LogP contribution < -0.4 is 9.92 Å². The molecule has 34 heavy (non-hydrogen) atoms. The van der Waals surface area contributed by atoms with Gasteiger partial charge in [-0.1, -0.05) is 36.4 Å². The fourth-order valence-electron chi connectivity index (χ4n) is 4.06. The van der Waals surface area contributed by atoms with Gasteiger partial charge in [-0.3, -0.25) is 9.69 Å². The van der Waals surface area contributed by atoms with Gasteiger partial charge in [0, 0.05) is 24.4 Å². The van der Waals surface area contributed by atoms with Gasteiger partial charge in [-0.15, -0.1) is 0 Å². The van der Waals surface area contributed by atoms with Crippen LogP contribution in [0.15, 0.2) is 71.9 Å². The van der Waals surface area contributed by atoms with E-state index in [1.807, 2.05) is 0 Å². The molecule has 1 aliphatic carbocycles. The molecule has 1 unspecified atom stereocenters. The van der Waals surface area contributed by atoms with E-state index in [0.29, 0.717) is 24.0 Å². The third kappa shape index (κ3) is 3.50. The van der Waals surface area contributed by atoms with Gasteiger partial charge in [0.25, 0.3) is 5.91 Å². The average molecular weight is 481 g/mol. The van der Waals surface area contributed by atoms with Crippen molar-refractivity contribution < 1.29 is 21.8 Å². The van der Waals surface area contributed by atoms with Crippen molar-refractivity contribution in [3.63, 3.8) is 0 Å². The third-order valence-electron chi connectivity index (χ3n) is 6.01. The van der Waals surface area contributed by atoms with E-state index >= 15 is 0 Å². The van der Waals surface area contributed by atoms with Crippen molar-refractivity contribution in [2.24, 2.45) is 10.7 Å². The summed E-state index contributed by atoms with van der Waals surface area (Å²) in [7, 11) is -2.38. The predicted molar refractivity (Wildman–Crippen MR) is 124 cm³/mol. The lowest BCUT2D eigenvalue weighted by molar-refractivity contribution is -0.129. The normalized spacial score (nSPS) is 20.4. The number of likely N-dealkylation sites (N-methyl/N-ethyl adjacent to an activating group) is 1. The van der Waals surface area contributed by atoms with Crippen molar-refractivity contribution >= 4 is 22.0 Å². The molecule has 2 heterocycles. The Morgan fingerprint density at radius 2 is 1.88 bits per heavy atom. The van der Waals surface area contributed by atoms with Gasteiger partial charge in [0.05, 0.1) is 5.25 Å². The number of nitrogens with two attached hydrogens (primary N) is 1. The summed E-state index contributed by atoms with van der Waals surface area (Å²) in [6.45, 7) is 0. The van der Waals surface area contributed by atoms with E-state index < -0.39 is 32.8 Å². The molecule has 10 heteroatoms. The summed E-state index contributed by atoms with van der Waals surface area (Å²) in [4.78, 5) is 23.1. The van der Waals surface area contributed by atoms with E-state index in [2.05, 4.69) is 9.98 Å². The van der Waals surface area contributed by atoms with E-state index in [1.165, 1.54) is 24.2 Å². The zero-order valence-electron chi connectivity index (χ0n) is 18.2. The molecule has 1 aromatic heterocycles. The second-order valence-electron chi connectivity index (χ2n) is 8.24. The molecular formula is C24H21FN4O4S. The molecule has 0 spiro atoms. The minimum absolute atomic E-state index is 0.00689. The Morgan fingerprint density at radius 3 is 2.56 bits per heavy atom. The number of halogens is 1. The molecule has 1 aliphatic heterocycles. The summed E-state index contributed by atoms with van der Waals surface area (Å²) in [5.41, 5.74) is 5.66. The van der Waals surface area contributed by atoms with Crippen molar-refractivity contribution in [2.75, 3.05) is 7.05 Å². The van der Waals surface area contributed by atoms with Gasteiger partial charge in [-0.05, 0) is 48.2 Å². The van der Waals surface area contributed by atoms with E-state index in [0.717, 1.165) is 0 Å². The summed E-state index contributed by atoms with van der Waals surface area (Å²) in [5, 5.41) is -0.566. The lowest BCUT2D eigenvalue weighted by atomic mass is 9.81. The standard InChI is InChI=1S/C24H21FN4O4S/c1-29-22(30)24(28-23(29)26,16-7-4-6-15(14-16)18-8-5-13-27-21(18)25)19-9-2-3-10-20(19)33-34(31,32)17-11-12-17/h2-10,13-14,17H,11-12H2,1H3,(H2,26,28). The number of carbonyl (C=O) groups is 1. The number of rotatable bonds is 6. The van der Waals surface area contributed by atoms with Crippen LogP contribution in [0.2, 0.25) is 0 Å². The van der Waals surface area contributed by atoms with Gasteiger partial charge >= 0.3 is 10.1 Å². The first-order valence-electron chi connectivity index (χ1n) is 10.6. The number of aliphatic imine (C=N–C) groups is 1. The highest BCUT2D eigenvalue weighted by Crippen LogP contribution is 2.45. The molecule has 0 bridgehead atoms. The number of carbonyl (C=O) groups excluding carboxylic acids is 1. The Kier molecular flexibility index (Phi) is 5.12. The Bertz CT molecular complexity index is 1440. The number of nitrogens with zero attached hydrogens (tertiary/aromatic N) is 3. The number of guanidine groups is 1. The second-order valence-corrected chi connectivity index (χ2v) is 10.1. The number of hydrogen-bond acceptors (Lipinski definition) is 7. The fraction of sp³-hybridized carbons (Fsp3) is 0.208. The van der Waals surface area contributed by atoms with Crippen LogP contribution in [0.3, 0.4) is 0 Å². The molecule has 1 amide bonds. The first kappa shape index (κ1) is 22.0. The van der Waals surface area contributed by atoms with Crippen molar-refractivity contribution in [3.8, 4) is 16.9 Å². The van der Waals surface area contributed by atoms with Gasteiger partial charge in [0.2, 0.25) is 5.95 Å².